The van der Waals surface area contributed by atoms with Crippen LogP contribution in [-0.4, -0.2) is 25.3 Å². The normalized spacial score (nSPS) is 14.5. The van der Waals surface area contributed by atoms with E-state index in [2.05, 4.69) is 10.6 Å². The summed E-state index contributed by atoms with van der Waals surface area (Å²) in [7, 11) is -3.78. The third kappa shape index (κ3) is 5.30. The highest BCUT2D eigenvalue weighted by Crippen LogP contribution is 2.27. The summed E-state index contributed by atoms with van der Waals surface area (Å²) in [4.78, 5) is 23.3. The predicted molar refractivity (Wildman–Crippen MR) is 108 cm³/mol. The summed E-state index contributed by atoms with van der Waals surface area (Å²) >= 11 is 0. The van der Waals surface area contributed by atoms with Crippen molar-refractivity contribution in [3.8, 4) is 0 Å². The zero-order chi connectivity index (χ0) is 21.0. The molecule has 1 aliphatic rings. The van der Waals surface area contributed by atoms with Crippen molar-refractivity contribution in [1.29, 1.82) is 0 Å². The van der Waals surface area contributed by atoms with Gasteiger partial charge in [-0.15, -0.1) is 0 Å². The fourth-order valence-corrected chi connectivity index (χ4v) is 3.84. The van der Waals surface area contributed by atoms with Crippen LogP contribution in [0.4, 0.5) is 11.4 Å². The molecule has 1 saturated carbocycles. The lowest BCUT2D eigenvalue weighted by atomic mass is 10.1. The molecule has 0 radical (unpaired) electrons. The van der Waals surface area contributed by atoms with Gasteiger partial charge in [0.15, 0.2) is 0 Å². The van der Waals surface area contributed by atoms with Crippen molar-refractivity contribution < 1.29 is 18.1 Å². The molecule has 29 heavy (non-hydrogen) atoms. The van der Waals surface area contributed by atoms with E-state index in [1.54, 1.807) is 18.2 Å². The highest BCUT2D eigenvalue weighted by molar-refractivity contribution is 7.89. The molecule has 1 amide bonds. The van der Waals surface area contributed by atoms with Crippen molar-refractivity contribution in [2.45, 2.75) is 43.2 Å². The van der Waals surface area contributed by atoms with Crippen molar-refractivity contribution in [2.24, 2.45) is 5.14 Å². The first kappa shape index (κ1) is 20.7. The van der Waals surface area contributed by atoms with Crippen LogP contribution >= 0.6 is 0 Å². The summed E-state index contributed by atoms with van der Waals surface area (Å²) in [6.45, 7) is 0.134. The Kier molecular flexibility index (Phi) is 6.14. The number of nitrogens with one attached hydrogen (secondary N) is 2. The van der Waals surface area contributed by atoms with E-state index in [1.165, 1.54) is 24.3 Å². The molecule has 0 unspecified atom stereocenters. The van der Waals surface area contributed by atoms with Crippen molar-refractivity contribution in [1.82, 2.24) is 5.32 Å². The number of anilines is 1. The fraction of sp³-hybridized carbons (Fsp3) is 0.316. The second-order valence-corrected chi connectivity index (χ2v) is 8.55. The fourth-order valence-electron chi connectivity index (χ4n) is 3.32. The molecule has 1 fully saturated rings. The molecule has 4 N–H and O–H groups in total. The van der Waals surface area contributed by atoms with Gasteiger partial charge < -0.3 is 10.6 Å². The summed E-state index contributed by atoms with van der Waals surface area (Å²) in [6.07, 6.45) is 4.21. The van der Waals surface area contributed by atoms with Crippen molar-refractivity contribution >= 4 is 27.3 Å². The zero-order valence-electron chi connectivity index (χ0n) is 15.6. The standard InChI is InChI=1S/C19H22N4O5S/c20-29(27,28)16-8-5-13(6-9-16)12-21-19(24)17-11-15(23(25)26)7-10-18(17)22-14-3-1-2-4-14/h5-11,14,22H,1-4,12H2,(H,21,24)(H2,20,27,28). The van der Waals surface area contributed by atoms with Crippen LogP contribution in [0.25, 0.3) is 0 Å². The summed E-state index contributed by atoms with van der Waals surface area (Å²) in [5, 5.41) is 22.2. The molecule has 3 rings (SSSR count). The van der Waals surface area contributed by atoms with Crippen LogP contribution < -0.4 is 15.8 Å². The topological polar surface area (TPSA) is 144 Å². The maximum absolute atomic E-state index is 12.7. The van der Waals surface area contributed by atoms with Gasteiger partial charge >= 0.3 is 0 Å². The average Bonchev–Trinajstić information content (AvgIpc) is 3.19. The lowest BCUT2D eigenvalue weighted by molar-refractivity contribution is -0.384. The first-order chi connectivity index (χ1) is 13.7. The number of sulfonamides is 1. The number of amides is 1. The SMILES string of the molecule is NS(=O)(=O)c1ccc(CNC(=O)c2cc([N+](=O)[O-])ccc2NC2CCCC2)cc1. The number of hydrogen-bond donors (Lipinski definition) is 3. The van der Waals surface area contributed by atoms with Gasteiger partial charge in [-0.2, -0.15) is 0 Å². The summed E-state index contributed by atoms with van der Waals surface area (Å²) in [5.41, 5.74) is 1.27. The number of nitrogens with two attached hydrogens (primary N) is 1. The largest absolute Gasteiger partial charge is 0.382 e. The van der Waals surface area contributed by atoms with E-state index in [-0.39, 0.29) is 28.7 Å². The zero-order valence-corrected chi connectivity index (χ0v) is 16.4. The number of benzene rings is 2. The number of primary sulfonamides is 1. The Morgan fingerprint density at radius 1 is 1.14 bits per heavy atom. The third-order valence-electron chi connectivity index (χ3n) is 4.88. The Hall–Kier alpha value is -2.98. The molecule has 0 aliphatic heterocycles. The summed E-state index contributed by atoms with van der Waals surface area (Å²) < 4.78 is 22.6. The van der Waals surface area contributed by atoms with Crippen LogP contribution in [0.2, 0.25) is 0 Å². The van der Waals surface area contributed by atoms with Crippen LogP contribution in [0, 0.1) is 10.1 Å². The van der Waals surface area contributed by atoms with Crippen molar-refractivity contribution in [3.05, 3.63) is 63.7 Å². The molecule has 0 atom stereocenters. The highest BCUT2D eigenvalue weighted by Gasteiger charge is 2.21. The van der Waals surface area contributed by atoms with Gasteiger partial charge in [-0.25, -0.2) is 13.6 Å². The number of non-ortho nitro benzene ring substituents is 1. The molecule has 1 aliphatic carbocycles. The van der Waals surface area contributed by atoms with Gasteiger partial charge in [0.1, 0.15) is 0 Å². The van der Waals surface area contributed by atoms with Crippen LogP contribution in [0.1, 0.15) is 41.6 Å². The van der Waals surface area contributed by atoms with E-state index in [0.717, 1.165) is 25.7 Å². The minimum absolute atomic E-state index is 0.0192. The maximum Gasteiger partial charge on any atom is 0.270 e. The Morgan fingerprint density at radius 2 is 1.79 bits per heavy atom. The van der Waals surface area contributed by atoms with Gasteiger partial charge in [-0.1, -0.05) is 25.0 Å². The lowest BCUT2D eigenvalue weighted by Crippen LogP contribution is -2.25. The Morgan fingerprint density at radius 3 is 2.38 bits per heavy atom. The third-order valence-corrected chi connectivity index (χ3v) is 5.81. The molecule has 2 aromatic rings. The Bertz CT molecular complexity index is 1020. The van der Waals surface area contributed by atoms with Crippen molar-refractivity contribution in [2.75, 3.05) is 5.32 Å². The quantitative estimate of drug-likeness (QED) is 0.465. The van der Waals surface area contributed by atoms with Gasteiger partial charge in [0.2, 0.25) is 10.0 Å². The number of nitro groups is 1. The predicted octanol–water partition coefficient (Wildman–Crippen LogP) is 2.53. The van der Waals surface area contributed by atoms with E-state index in [1.807, 2.05) is 0 Å². The molecule has 0 aromatic heterocycles. The van der Waals surface area contributed by atoms with Crippen LogP contribution in [0.3, 0.4) is 0 Å². The number of nitro benzene ring substituents is 1. The second kappa shape index (κ2) is 8.58. The van der Waals surface area contributed by atoms with Crippen LogP contribution in [0.5, 0.6) is 0 Å². The van der Waals surface area contributed by atoms with E-state index in [0.29, 0.717) is 11.3 Å². The Labute approximate surface area is 168 Å². The minimum atomic E-state index is -3.78. The van der Waals surface area contributed by atoms with Gasteiger partial charge in [0, 0.05) is 30.4 Å². The van der Waals surface area contributed by atoms with Gasteiger partial charge in [-0.3, -0.25) is 14.9 Å². The second-order valence-electron chi connectivity index (χ2n) is 6.98. The number of carbonyl (C=O) groups is 1. The molecule has 154 valence electrons. The molecule has 2 aromatic carbocycles. The molecule has 0 saturated heterocycles. The Balaban J connectivity index is 1.75. The van der Waals surface area contributed by atoms with E-state index >= 15 is 0 Å². The maximum atomic E-state index is 12.7. The van der Waals surface area contributed by atoms with Crippen LogP contribution in [0.15, 0.2) is 47.4 Å². The van der Waals surface area contributed by atoms with Gasteiger partial charge in [0.05, 0.1) is 15.4 Å². The molecular weight excluding hydrogens is 396 g/mol. The number of hydrogen-bond acceptors (Lipinski definition) is 6. The van der Waals surface area contributed by atoms with E-state index in [4.69, 9.17) is 5.14 Å². The van der Waals surface area contributed by atoms with Gasteiger partial charge in [-0.05, 0) is 36.6 Å². The summed E-state index contributed by atoms with van der Waals surface area (Å²) in [6, 6.07) is 10.3. The minimum Gasteiger partial charge on any atom is -0.382 e. The first-order valence-corrected chi connectivity index (χ1v) is 10.7. The molecule has 0 bridgehead atoms. The molecule has 0 spiro atoms. The van der Waals surface area contributed by atoms with Crippen molar-refractivity contribution in [3.63, 3.8) is 0 Å². The molecular formula is C19H22N4O5S. The van der Waals surface area contributed by atoms with E-state index in [9.17, 15) is 23.3 Å². The van der Waals surface area contributed by atoms with Crippen LogP contribution in [-0.2, 0) is 16.6 Å². The van der Waals surface area contributed by atoms with Gasteiger partial charge in [0.25, 0.3) is 11.6 Å². The summed E-state index contributed by atoms with van der Waals surface area (Å²) in [5.74, 6) is -0.454. The van der Waals surface area contributed by atoms with E-state index < -0.39 is 20.9 Å². The molecule has 9 nitrogen and oxygen atoms in total. The molecule has 0 heterocycles. The monoisotopic (exact) mass is 418 g/mol. The average molecular weight is 418 g/mol. The number of rotatable bonds is 7. The number of nitrogens with zero attached hydrogens (tertiary/aromatic N) is 1. The molecule has 10 heteroatoms. The first-order valence-electron chi connectivity index (χ1n) is 9.19. The highest BCUT2D eigenvalue weighted by atomic mass is 32.2. The number of carbonyl (C=O) groups excluding carboxylic acids is 1. The lowest BCUT2D eigenvalue weighted by Gasteiger charge is -2.17. The smallest absolute Gasteiger partial charge is 0.270 e.